The largest absolute Gasteiger partial charge is 0.469 e. The van der Waals surface area contributed by atoms with E-state index in [1.54, 1.807) is 4.90 Å². The van der Waals surface area contributed by atoms with Crippen molar-refractivity contribution in [3.05, 3.63) is 11.6 Å². The highest BCUT2D eigenvalue weighted by Crippen LogP contribution is 2.19. The van der Waals surface area contributed by atoms with Crippen LogP contribution in [0, 0.1) is 0 Å². The summed E-state index contributed by atoms with van der Waals surface area (Å²) in [6.07, 6.45) is 3.62. The SMILES string of the molecule is COC(=O)C/C=C1/CCCN(C(=O)OC(C)(C)C)C1. The minimum Gasteiger partial charge on any atom is -0.469 e. The molecule has 5 nitrogen and oxygen atoms in total. The zero-order valence-electron chi connectivity index (χ0n) is 12.2. The zero-order chi connectivity index (χ0) is 14.5. The molecule has 0 radical (unpaired) electrons. The number of carbonyl (C=O) groups excluding carboxylic acids is 2. The van der Waals surface area contributed by atoms with Crippen molar-refractivity contribution in [3.63, 3.8) is 0 Å². The lowest BCUT2D eigenvalue weighted by Crippen LogP contribution is -2.40. The molecule has 108 valence electrons. The van der Waals surface area contributed by atoms with Gasteiger partial charge in [0.2, 0.25) is 0 Å². The molecule has 0 saturated carbocycles. The number of likely N-dealkylation sites (tertiary alicyclic amines) is 1. The first kappa shape index (κ1) is 15.5. The standard InChI is InChI=1S/C14H23NO4/c1-14(2,3)19-13(17)15-9-5-6-11(10-15)7-8-12(16)18-4/h7H,5-6,8-10H2,1-4H3/b11-7-. The third kappa shape index (κ3) is 5.77. The molecular weight excluding hydrogens is 246 g/mol. The summed E-state index contributed by atoms with van der Waals surface area (Å²) >= 11 is 0. The summed E-state index contributed by atoms with van der Waals surface area (Å²) in [4.78, 5) is 24.7. The Labute approximate surface area is 114 Å². The third-order valence-electron chi connectivity index (χ3n) is 2.76. The number of piperidine rings is 1. The second-order valence-electron chi connectivity index (χ2n) is 5.65. The van der Waals surface area contributed by atoms with Gasteiger partial charge in [0, 0.05) is 13.1 Å². The molecule has 1 aliphatic heterocycles. The van der Waals surface area contributed by atoms with Crippen molar-refractivity contribution < 1.29 is 19.1 Å². The topological polar surface area (TPSA) is 55.8 Å². The molecule has 19 heavy (non-hydrogen) atoms. The van der Waals surface area contributed by atoms with Crippen LogP contribution in [0.25, 0.3) is 0 Å². The van der Waals surface area contributed by atoms with Gasteiger partial charge in [0.1, 0.15) is 5.60 Å². The van der Waals surface area contributed by atoms with Gasteiger partial charge >= 0.3 is 12.1 Å². The monoisotopic (exact) mass is 269 g/mol. The van der Waals surface area contributed by atoms with Crippen LogP contribution in [0.1, 0.15) is 40.0 Å². The number of rotatable bonds is 2. The summed E-state index contributed by atoms with van der Waals surface area (Å²) < 4.78 is 9.93. The minimum atomic E-state index is -0.482. The van der Waals surface area contributed by atoms with Crippen LogP contribution in [-0.4, -0.2) is 42.8 Å². The van der Waals surface area contributed by atoms with E-state index in [0.29, 0.717) is 13.1 Å². The van der Waals surface area contributed by atoms with E-state index in [9.17, 15) is 9.59 Å². The summed E-state index contributed by atoms with van der Waals surface area (Å²) in [5.41, 5.74) is 0.604. The van der Waals surface area contributed by atoms with Crippen LogP contribution in [0.4, 0.5) is 4.79 Å². The zero-order valence-corrected chi connectivity index (χ0v) is 12.2. The highest BCUT2D eigenvalue weighted by Gasteiger charge is 2.24. The molecule has 1 aliphatic rings. The van der Waals surface area contributed by atoms with Crippen LogP contribution in [0.2, 0.25) is 0 Å². The van der Waals surface area contributed by atoms with Gasteiger partial charge in [-0.15, -0.1) is 0 Å². The summed E-state index contributed by atoms with van der Waals surface area (Å²) in [5, 5.41) is 0. The highest BCUT2D eigenvalue weighted by molar-refractivity contribution is 5.71. The number of esters is 1. The maximum absolute atomic E-state index is 11.9. The molecule has 1 heterocycles. The fourth-order valence-electron chi connectivity index (χ4n) is 1.86. The number of carbonyl (C=O) groups is 2. The van der Waals surface area contributed by atoms with Crippen molar-refractivity contribution in [1.82, 2.24) is 4.90 Å². The lowest BCUT2D eigenvalue weighted by molar-refractivity contribution is -0.139. The van der Waals surface area contributed by atoms with E-state index in [1.807, 2.05) is 26.8 Å². The lowest BCUT2D eigenvalue weighted by atomic mass is 10.0. The summed E-state index contributed by atoms with van der Waals surface area (Å²) in [6.45, 7) is 6.78. The van der Waals surface area contributed by atoms with Crippen LogP contribution < -0.4 is 0 Å². The Bertz CT molecular complexity index is 368. The minimum absolute atomic E-state index is 0.258. The number of hydrogen-bond donors (Lipinski definition) is 0. The first-order valence-electron chi connectivity index (χ1n) is 6.54. The second-order valence-corrected chi connectivity index (χ2v) is 5.65. The van der Waals surface area contributed by atoms with Crippen LogP contribution >= 0.6 is 0 Å². The Morgan fingerprint density at radius 1 is 1.37 bits per heavy atom. The van der Waals surface area contributed by atoms with Gasteiger partial charge in [0.15, 0.2) is 0 Å². The van der Waals surface area contributed by atoms with Gasteiger partial charge in [-0.05, 0) is 33.6 Å². The quantitative estimate of drug-likeness (QED) is 0.571. The molecule has 1 amide bonds. The van der Waals surface area contributed by atoms with Gasteiger partial charge in [0.05, 0.1) is 13.5 Å². The van der Waals surface area contributed by atoms with E-state index in [0.717, 1.165) is 18.4 Å². The molecule has 0 aliphatic carbocycles. The Morgan fingerprint density at radius 2 is 2.05 bits per heavy atom. The molecule has 1 fully saturated rings. The number of methoxy groups -OCH3 is 1. The molecule has 0 bridgehead atoms. The first-order valence-corrected chi connectivity index (χ1v) is 6.54. The third-order valence-corrected chi connectivity index (χ3v) is 2.76. The van der Waals surface area contributed by atoms with Gasteiger partial charge < -0.3 is 14.4 Å². The van der Waals surface area contributed by atoms with Gasteiger partial charge in [-0.1, -0.05) is 11.6 Å². The molecule has 1 rings (SSSR count). The normalized spacial score (nSPS) is 18.3. The number of nitrogens with zero attached hydrogens (tertiary/aromatic N) is 1. The molecule has 0 aromatic carbocycles. The maximum Gasteiger partial charge on any atom is 0.410 e. The molecule has 1 saturated heterocycles. The van der Waals surface area contributed by atoms with E-state index in [-0.39, 0.29) is 18.5 Å². The average molecular weight is 269 g/mol. The predicted molar refractivity (Wildman–Crippen MR) is 71.8 cm³/mol. The van der Waals surface area contributed by atoms with Crippen molar-refractivity contribution in [2.45, 2.75) is 45.6 Å². The fraction of sp³-hybridized carbons (Fsp3) is 0.714. The van der Waals surface area contributed by atoms with E-state index in [4.69, 9.17) is 4.74 Å². The van der Waals surface area contributed by atoms with Gasteiger partial charge in [-0.3, -0.25) is 4.79 Å². The Balaban J connectivity index is 2.54. The van der Waals surface area contributed by atoms with Crippen LogP contribution in [-0.2, 0) is 14.3 Å². The molecule has 5 heteroatoms. The lowest BCUT2D eigenvalue weighted by Gasteiger charge is -2.31. The first-order chi connectivity index (χ1) is 8.81. The Hall–Kier alpha value is -1.52. The molecule has 0 spiro atoms. The smallest absolute Gasteiger partial charge is 0.410 e. The number of hydrogen-bond acceptors (Lipinski definition) is 4. The molecule has 0 aromatic rings. The van der Waals surface area contributed by atoms with Crippen LogP contribution in [0.15, 0.2) is 11.6 Å². The Morgan fingerprint density at radius 3 is 2.63 bits per heavy atom. The summed E-state index contributed by atoms with van der Waals surface area (Å²) in [6, 6.07) is 0. The molecular formula is C14H23NO4. The molecule has 0 atom stereocenters. The van der Waals surface area contributed by atoms with E-state index < -0.39 is 5.60 Å². The van der Waals surface area contributed by atoms with Gasteiger partial charge in [0.25, 0.3) is 0 Å². The molecule has 0 aromatic heterocycles. The molecule has 0 unspecified atom stereocenters. The average Bonchev–Trinajstić information content (AvgIpc) is 2.34. The van der Waals surface area contributed by atoms with Crippen molar-refractivity contribution >= 4 is 12.1 Å². The van der Waals surface area contributed by atoms with E-state index >= 15 is 0 Å². The van der Waals surface area contributed by atoms with Gasteiger partial charge in [-0.2, -0.15) is 0 Å². The number of amides is 1. The van der Waals surface area contributed by atoms with Crippen molar-refractivity contribution in [3.8, 4) is 0 Å². The van der Waals surface area contributed by atoms with Crippen molar-refractivity contribution in [2.24, 2.45) is 0 Å². The highest BCUT2D eigenvalue weighted by atomic mass is 16.6. The second kappa shape index (κ2) is 6.59. The summed E-state index contributed by atoms with van der Waals surface area (Å²) in [5.74, 6) is -0.262. The number of ether oxygens (including phenoxy) is 2. The van der Waals surface area contributed by atoms with Crippen molar-refractivity contribution in [2.75, 3.05) is 20.2 Å². The Kier molecular flexibility index (Phi) is 5.39. The predicted octanol–water partition coefficient (Wildman–Crippen LogP) is 2.51. The van der Waals surface area contributed by atoms with E-state index in [1.165, 1.54) is 7.11 Å². The van der Waals surface area contributed by atoms with Crippen LogP contribution in [0.3, 0.4) is 0 Å². The summed E-state index contributed by atoms with van der Waals surface area (Å²) in [7, 11) is 1.37. The maximum atomic E-state index is 11.9. The van der Waals surface area contributed by atoms with Crippen molar-refractivity contribution in [1.29, 1.82) is 0 Å². The van der Waals surface area contributed by atoms with Crippen LogP contribution in [0.5, 0.6) is 0 Å². The van der Waals surface area contributed by atoms with E-state index in [2.05, 4.69) is 4.74 Å². The fourth-order valence-corrected chi connectivity index (χ4v) is 1.86. The van der Waals surface area contributed by atoms with Gasteiger partial charge in [-0.25, -0.2) is 4.79 Å². The molecule has 0 N–H and O–H groups in total.